The van der Waals surface area contributed by atoms with Gasteiger partial charge >= 0.3 is 12.2 Å². The van der Waals surface area contributed by atoms with Crippen LogP contribution in [0.3, 0.4) is 0 Å². The van der Waals surface area contributed by atoms with Gasteiger partial charge in [-0.25, -0.2) is 9.59 Å². The molecule has 0 spiro atoms. The summed E-state index contributed by atoms with van der Waals surface area (Å²) in [4.78, 5) is 128. The Morgan fingerprint density at radius 1 is 0.545 bits per heavy atom. The third-order valence-corrected chi connectivity index (χ3v) is 11.4. The van der Waals surface area contributed by atoms with Crippen LogP contribution in [-0.4, -0.2) is 143 Å². The number of carbonyl (C=O) groups is 11. The highest BCUT2D eigenvalue weighted by Gasteiger charge is 2.35. The number of hydrogen-bond donors (Lipinski definition) is 7. The highest BCUT2D eigenvalue weighted by atomic mass is 35.5. The number of imide groups is 3. The van der Waals surface area contributed by atoms with Crippen LogP contribution in [0.1, 0.15) is 119 Å². The Morgan fingerprint density at radius 3 is 1.23 bits per heavy atom. The molecule has 6 saturated heterocycles. The van der Waals surface area contributed by atoms with Crippen molar-refractivity contribution in [2.45, 2.75) is 148 Å². The maximum atomic E-state index is 12.3. The van der Waals surface area contributed by atoms with Gasteiger partial charge in [0.1, 0.15) is 23.3 Å². The number of ether oxygens (including phenoxy) is 2. The van der Waals surface area contributed by atoms with Crippen molar-refractivity contribution >= 4 is 76.3 Å². The van der Waals surface area contributed by atoms with Crippen LogP contribution in [0.4, 0.5) is 9.59 Å². The van der Waals surface area contributed by atoms with E-state index < -0.39 is 35.2 Å². The molecule has 6 aliphatic heterocycles. The predicted molar refractivity (Wildman–Crippen MR) is 237 cm³/mol. The van der Waals surface area contributed by atoms with Crippen LogP contribution in [0.5, 0.6) is 0 Å². The van der Waals surface area contributed by atoms with Gasteiger partial charge in [-0.2, -0.15) is 0 Å². The fourth-order valence-corrected chi connectivity index (χ4v) is 7.52. The summed E-state index contributed by atoms with van der Waals surface area (Å²) in [5.74, 6) is -2.62. The minimum atomic E-state index is -0.654. The summed E-state index contributed by atoms with van der Waals surface area (Å²) >= 11 is 5.42. The van der Waals surface area contributed by atoms with Crippen LogP contribution in [0.15, 0.2) is 0 Å². The fourth-order valence-electron chi connectivity index (χ4n) is 7.30. The van der Waals surface area contributed by atoms with Crippen molar-refractivity contribution in [3.05, 3.63) is 0 Å². The Morgan fingerprint density at radius 2 is 0.894 bits per heavy atom. The van der Waals surface area contributed by atoms with Crippen molar-refractivity contribution in [3.63, 3.8) is 0 Å². The zero-order valence-corrected chi connectivity index (χ0v) is 39.6. The van der Waals surface area contributed by atoms with Gasteiger partial charge in [0.05, 0.1) is 6.04 Å². The van der Waals surface area contributed by atoms with Gasteiger partial charge in [-0.1, -0.05) is 0 Å². The molecule has 10 amide bonds. The summed E-state index contributed by atoms with van der Waals surface area (Å²) in [6.45, 7) is 14.6. The minimum absolute atomic E-state index is 0.0123. The highest BCUT2D eigenvalue weighted by molar-refractivity contribution is 6.64. The monoisotopic (exact) mass is 953 g/mol. The molecule has 6 heterocycles. The molecule has 0 aromatic rings. The summed E-state index contributed by atoms with van der Waals surface area (Å²) < 4.78 is 10.6. The van der Waals surface area contributed by atoms with E-state index in [2.05, 4.69) is 31.9 Å². The third-order valence-electron chi connectivity index (χ3n) is 11.1. The largest absolute Gasteiger partial charge is 0.444 e. The lowest BCUT2D eigenvalue weighted by Gasteiger charge is -2.33. The number of hydrogen-bond acceptors (Lipinski definition) is 15. The smallest absolute Gasteiger partial charge is 0.410 e. The fraction of sp³-hybridized carbons (Fsp3) is 0.744. The number of likely N-dealkylation sites (tertiary alicyclic amines) is 2. The van der Waals surface area contributed by atoms with Crippen LogP contribution >= 0.6 is 11.6 Å². The number of nitrogens with two attached hydrogens (primary N) is 1. The number of piperidine rings is 6. The normalized spacial score (nSPS) is 23.4. The molecule has 6 aliphatic rings. The third kappa shape index (κ3) is 19.7. The van der Waals surface area contributed by atoms with E-state index in [1.807, 2.05) is 41.5 Å². The predicted octanol–water partition coefficient (Wildman–Crippen LogP) is 0.612. The molecule has 370 valence electrons. The molecule has 6 fully saturated rings. The molecule has 0 bridgehead atoms. The van der Waals surface area contributed by atoms with E-state index >= 15 is 0 Å². The van der Waals surface area contributed by atoms with Gasteiger partial charge in [0, 0.05) is 63.2 Å². The lowest BCUT2D eigenvalue weighted by atomic mass is 9.95. The van der Waals surface area contributed by atoms with Gasteiger partial charge in [-0.15, -0.1) is 0 Å². The Balaban J connectivity index is 0.000000245. The first-order chi connectivity index (χ1) is 30.8. The molecule has 0 aromatic carbocycles. The summed E-state index contributed by atoms with van der Waals surface area (Å²) in [6, 6.07) is -1.68. The van der Waals surface area contributed by atoms with Gasteiger partial charge in [-0.3, -0.25) is 59.1 Å². The quantitative estimate of drug-likeness (QED) is 0.147. The molecule has 3 atom stereocenters. The molecule has 22 nitrogen and oxygen atoms in total. The van der Waals surface area contributed by atoms with Crippen molar-refractivity contribution in [1.29, 1.82) is 0 Å². The zero-order chi connectivity index (χ0) is 49.4. The Kier molecular flexibility index (Phi) is 21.4. The summed E-state index contributed by atoms with van der Waals surface area (Å²) in [7, 11) is 0. The van der Waals surface area contributed by atoms with Crippen LogP contribution in [-0.2, 0) is 52.6 Å². The van der Waals surface area contributed by atoms with E-state index in [9.17, 15) is 52.7 Å². The van der Waals surface area contributed by atoms with Crippen LogP contribution < -0.4 is 37.6 Å². The summed E-state index contributed by atoms with van der Waals surface area (Å²) in [6.07, 6.45) is 5.33. The van der Waals surface area contributed by atoms with Crippen molar-refractivity contribution in [3.8, 4) is 0 Å². The van der Waals surface area contributed by atoms with Crippen LogP contribution in [0.25, 0.3) is 0 Å². The molecule has 0 aromatic heterocycles. The van der Waals surface area contributed by atoms with Crippen molar-refractivity contribution < 1.29 is 62.2 Å². The maximum Gasteiger partial charge on any atom is 0.410 e. The van der Waals surface area contributed by atoms with E-state index in [-0.39, 0.29) is 83.0 Å². The molecule has 23 heteroatoms. The lowest BCUT2D eigenvalue weighted by Crippen LogP contribution is -2.54. The topological polar surface area (TPSA) is 311 Å². The number of nitrogens with zero attached hydrogens (tertiary/aromatic N) is 2. The summed E-state index contributed by atoms with van der Waals surface area (Å²) in [5, 5.41) is 14.9. The highest BCUT2D eigenvalue weighted by Crippen LogP contribution is 2.23. The average molecular weight is 955 g/mol. The summed E-state index contributed by atoms with van der Waals surface area (Å²) in [5.41, 5.74) is 4.26. The zero-order valence-electron chi connectivity index (χ0n) is 38.8. The molecular formula is C43H68ClN9O13. The molecule has 0 radical (unpaired) electrons. The molecule has 0 aliphatic carbocycles. The molecule has 0 saturated carbocycles. The molecular weight excluding hydrogens is 886 g/mol. The molecule has 6 rings (SSSR count). The van der Waals surface area contributed by atoms with E-state index in [0.29, 0.717) is 84.0 Å². The average Bonchev–Trinajstić information content (AvgIpc) is 3.24. The number of halogens is 1. The number of amides is 10. The van der Waals surface area contributed by atoms with Gasteiger partial charge in [-0.05, 0) is 124 Å². The maximum absolute atomic E-state index is 12.3. The van der Waals surface area contributed by atoms with Crippen molar-refractivity contribution in [1.82, 2.24) is 41.7 Å². The van der Waals surface area contributed by atoms with Gasteiger partial charge < -0.3 is 41.0 Å². The number of nitrogens with one attached hydrogen (secondary N) is 6. The van der Waals surface area contributed by atoms with E-state index in [4.69, 9.17) is 26.8 Å². The SMILES string of the molecule is CC(C)(C)OC(=O)N1CCC(C(=O)Cl)CC1.CC(C)(C)OC(=O)N1CCC(C(=O)NC2CCC(=O)NC2=O)CC1.NC1CCC(=O)NC1=O.O=C1CCC(NC(=O)C2CCNCC2)C(=O)N1. The molecule has 8 N–H and O–H groups in total. The van der Waals surface area contributed by atoms with Crippen LogP contribution in [0.2, 0.25) is 0 Å². The van der Waals surface area contributed by atoms with Gasteiger partial charge in [0.2, 0.25) is 52.5 Å². The minimum Gasteiger partial charge on any atom is -0.444 e. The first-order valence-electron chi connectivity index (χ1n) is 22.5. The molecule has 3 unspecified atom stereocenters. The number of carbonyl (C=O) groups excluding carboxylic acids is 11. The second kappa shape index (κ2) is 25.6. The van der Waals surface area contributed by atoms with Crippen molar-refractivity contribution in [2.75, 3.05) is 39.3 Å². The van der Waals surface area contributed by atoms with E-state index in [1.54, 1.807) is 9.80 Å². The number of rotatable bonds is 5. The Labute approximate surface area is 390 Å². The first kappa shape index (κ1) is 55.1. The second-order valence-corrected chi connectivity index (χ2v) is 19.3. The molecule has 66 heavy (non-hydrogen) atoms. The van der Waals surface area contributed by atoms with Crippen LogP contribution in [0, 0.1) is 17.8 Å². The lowest BCUT2D eigenvalue weighted by molar-refractivity contribution is -0.138. The van der Waals surface area contributed by atoms with Gasteiger partial charge in [0.25, 0.3) is 0 Å². The standard InChI is InChI=1S/C16H25N3O5.C11H18ClNO3.C11H17N3O3.C5H8N2O2/c1-16(2,3)24-15(23)19-8-6-10(7-9-19)13(21)17-11-4-5-12(20)18-14(11)22;1-11(2,3)16-10(15)13-6-4-8(5-7-13)9(12)14;15-9-2-1-8(11(17)14-9)13-10(16)7-3-5-12-6-4-7;6-3-1-2-4(8)7-5(3)9/h10-11H,4-9H2,1-3H3,(H,17,21)(H,18,20,22);8H,4-7H2,1-3H3;7-8,12H,1-6H2,(H,13,16)(H,14,15,17);3H,1-2,6H2,(H,7,8,9). The van der Waals surface area contributed by atoms with Crippen molar-refractivity contribution in [2.24, 2.45) is 23.5 Å². The van der Waals surface area contributed by atoms with Gasteiger partial charge in [0.15, 0.2) is 0 Å². The Bertz CT molecular complexity index is 1800. The Hall–Kier alpha value is -5.22. The van der Waals surface area contributed by atoms with E-state index in [0.717, 1.165) is 25.9 Å². The second-order valence-electron chi connectivity index (χ2n) is 18.9. The first-order valence-corrected chi connectivity index (χ1v) is 22.9. The van der Waals surface area contributed by atoms with E-state index in [1.165, 1.54) is 0 Å².